The quantitative estimate of drug-likeness (QED) is 0.812. The van der Waals surface area contributed by atoms with Crippen molar-refractivity contribution < 1.29 is 12.8 Å². The largest absolute Gasteiger partial charge is 0.315 e. The minimum atomic E-state index is -3.74. The Labute approximate surface area is 93.9 Å². The predicted molar refractivity (Wildman–Crippen MR) is 58.0 cm³/mol. The van der Waals surface area contributed by atoms with Crippen molar-refractivity contribution in [3.05, 3.63) is 30.1 Å². The molecule has 2 N–H and O–H groups in total. The number of benzene rings is 1. The Hall–Kier alpha value is -0.980. The zero-order valence-electron chi connectivity index (χ0n) is 8.61. The minimum Gasteiger partial charge on any atom is -0.315 e. The maximum Gasteiger partial charge on any atom is 0.243 e. The van der Waals surface area contributed by atoms with Crippen molar-refractivity contribution in [1.29, 1.82) is 0 Å². The monoisotopic (exact) mass is 244 g/mol. The van der Waals surface area contributed by atoms with Crippen LogP contribution in [-0.2, 0) is 10.0 Å². The summed E-state index contributed by atoms with van der Waals surface area (Å²) >= 11 is 0. The summed E-state index contributed by atoms with van der Waals surface area (Å²) < 4.78 is 39.5. The normalized spacial score (nSPS) is 21.2. The van der Waals surface area contributed by atoms with Crippen LogP contribution in [0.3, 0.4) is 0 Å². The van der Waals surface area contributed by atoms with Crippen LogP contribution in [0.25, 0.3) is 0 Å². The van der Waals surface area contributed by atoms with Gasteiger partial charge in [0.2, 0.25) is 10.0 Å². The molecule has 1 aliphatic rings. The molecule has 1 aromatic rings. The molecule has 1 fully saturated rings. The van der Waals surface area contributed by atoms with Gasteiger partial charge in [-0.15, -0.1) is 0 Å². The third-order valence-electron chi connectivity index (χ3n) is 2.51. The highest BCUT2D eigenvalue weighted by Gasteiger charge is 2.24. The van der Waals surface area contributed by atoms with E-state index in [1.807, 2.05) is 0 Å². The number of rotatable bonds is 3. The molecule has 2 rings (SSSR count). The van der Waals surface area contributed by atoms with Gasteiger partial charge in [-0.3, -0.25) is 0 Å². The van der Waals surface area contributed by atoms with Gasteiger partial charge in [0.1, 0.15) is 10.7 Å². The van der Waals surface area contributed by atoms with E-state index in [1.165, 1.54) is 18.2 Å². The van der Waals surface area contributed by atoms with Crippen molar-refractivity contribution in [2.24, 2.45) is 0 Å². The van der Waals surface area contributed by atoms with Gasteiger partial charge in [-0.1, -0.05) is 12.1 Å². The molecular formula is C10H13FN2O2S. The van der Waals surface area contributed by atoms with Crippen molar-refractivity contribution >= 4 is 10.0 Å². The molecule has 1 atom stereocenters. The summed E-state index contributed by atoms with van der Waals surface area (Å²) in [6.45, 7) is 1.37. The van der Waals surface area contributed by atoms with Crippen LogP contribution < -0.4 is 10.0 Å². The minimum absolute atomic E-state index is 0.149. The number of nitrogens with one attached hydrogen (secondary N) is 2. The van der Waals surface area contributed by atoms with Gasteiger partial charge >= 0.3 is 0 Å². The van der Waals surface area contributed by atoms with E-state index < -0.39 is 15.8 Å². The molecule has 1 aromatic carbocycles. The van der Waals surface area contributed by atoms with Gasteiger partial charge < -0.3 is 5.32 Å². The maximum absolute atomic E-state index is 13.3. The summed E-state index contributed by atoms with van der Waals surface area (Å²) in [5.41, 5.74) is 0. The van der Waals surface area contributed by atoms with Crippen LogP contribution in [0, 0.1) is 5.82 Å². The second-order valence-corrected chi connectivity index (χ2v) is 5.42. The Bertz CT molecular complexity index is 469. The molecule has 1 aliphatic heterocycles. The van der Waals surface area contributed by atoms with E-state index in [9.17, 15) is 12.8 Å². The molecule has 0 aliphatic carbocycles. The van der Waals surface area contributed by atoms with Crippen molar-refractivity contribution in [2.75, 3.05) is 13.1 Å². The van der Waals surface area contributed by atoms with E-state index in [0.717, 1.165) is 19.0 Å². The summed E-state index contributed by atoms with van der Waals surface area (Å²) in [5.74, 6) is -0.721. The molecule has 0 aromatic heterocycles. The Morgan fingerprint density at radius 2 is 2.12 bits per heavy atom. The first kappa shape index (κ1) is 11.5. The Morgan fingerprint density at radius 3 is 2.75 bits per heavy atom. The molecule has 0 bridgehead atoms. The van der Waals surface area contributed by atoms with Gasteiger partial charge in [-0.2, -0.15) is 0 Å². The van der Waals surface area contributed by atoms with Gasteiger partial charge in [-0.05, 0) is 25.1 Å². The molecule has 0 amide bonds. The molecule has 0 radical (unpaired) electrons. The highest BCUT2D eigenvalue weighted by molar-refractivity contribution is 7.89. The van der Waals surface area contributed by atoms with E-state index in [2.05, 4.69) is 10.0 Å². The van der Waals surface area contributed by atoms with Crippen LogP contribution in [-0.4, -0.2) is 27.5 Å². The van der Waals surface area contributed by atoms with E-state index >= 15 is 0 Å². The Morgan fingerprint density at radius 1 is 1.38 bits per heavy atom. The van der Waals surface area contributed by atoms with Crippen LogP contribution in [0.2, 0.25) is 0 Å². The van der Waals surface area contributed by atoms with Crippen LogP contribution in [0.5, 0.6) is 0 Å². The zero-order valence-corrected chi connectivity index (χ0v) is 9.43. The van der Waals surface area contributed by atoms with Gasteiger partial charge in [0, 0.05) is 12.6 Å². The van der Waals surface area contributed by atoms with E-state index in [0.29, 0.717) is 6.54 Å². The Balaban J connectivity index is 2.21. The summed E-state index contributed by atoms with van der Waals surface area (Å²) in [6, 6.07) is 5.22. The molecular weight excluding hydrogens is 231 g/mol. The molecule has 1 saturated heterocycles. The molecule has 1 heterocycles. The summed E-state index contributed by atoms with van der Waals surface area (Å²) in [4.78, 5) is -0.290. The molecule has 16 heavy (non-hydrogen) atoms. The van der Waals surface area contributed by atoms with Crippen LogP contribution in [0.15, 0.2) is 29.2 Å². The fourth-order valence-electron chi connectivity index (χ4n) is 1.70. The summed E-state index contributed by atoms with van der Waals surface area (Å²) in [7, 11) is -3.74. The SMILES string of the molecule is O=S(=O)(N[C@@H]1CCNC1)c1ccccc1F. The van der Waals surface area contributed by atoms with E-state index in [-0.39, 0.29) is 10.9 Å². The number of sulfonamides is 1. The first-order valence-corrected chi connectivity index (χ1v) is 6.55. The van der Waals surface area contributed by atoms with Gasteiger partial charge in [-0.25, -0.2) is 17.5 Å². The van der Waals surface area contributed by atoms with Crippen molar-refractivity contribution in [3.8, 4) is 0 Å². The second kappa shape index (κ2) is 4.48. The number of halogens is 1. The lowest BCUT2D eigenvalue weighted by molar-refractivity contribution is 0.542. The van der Waals surface area contributed by atoms with Crippen molar-refractivity contribution in [1.82, 2.24) is 10.0 Å². The molecule has 4 nitrogen and oxygen atoms in total. The predicted octanol–water partition coefficient (Wildman–Crippen LogP) is 0.466. The standard InChI is InChI=1S/C10H13FN2O2S/c11-9-3-1-2-4-10(9)16(14,15)13-8-5-6-12-7-8/h1-4,8,12-13H,5-7H2/t8-/m1/s1. The lowest BCUT2D eigenvalue weighted by Crippen LogP contribution is -2.36. The molecule has 88 valence electrons. The third-order valence-corrected chi connectivity index (χ3v) is 4.06. The van der Waals surface area contributed by atoms with Crippen LogP contribution >= 0.6 is 0 Å². The molecule has 0 spiro atoms. The van der Waals surface area contributed by atoms with E-state index in [4.69, 9.17) is 0 Å². The smallest absolute Gasteiger partial charge is 0.243 e. The third kappa shape index (κ3) is 2.40. The lowest BCUT2D eigenvalue weighted by atomic mass is 10.3. The average Bonchev–Trinajstić information content (AvgIpc) is 2.70. The van der Waals surface area contributed by atoms with Crippen LogP contribution in [0.4, 0.5) is 4.39 Å². The first-order valence-electron chi connectivity index (χ1n) is 5.07. The highest BCUT2D eigenvalue weighted by atomic mass is 32.2. The van der Waals surface area contributed by atoms with Crippen molar-refractivity contribution in [2.45, 2.75) is 17.4 Å². The Kier molecular flexibility index (Phi) is 3.22. The fourth-order valence-corrected chi connectivity index (χ4v) is 3.05. The average molecular weight is 244 g/mol. The van der Waals surface area contributed by atoms with E-state index in [1.54, 1.807) is 0 Å². The van der Waals surface area contributed by atoms with Gasteiger partial charge in [0.05, 0.1) is 0 Å². The molecule has 0 saturated carbocycles. The van der Waals surface area contributed by atoms with Crippen LogP contribution in [0.1, 0.15) is 6.42 Å². The first-order chi connectivity index (χ1) is 7.59. The van der Waals surface area contributed by atoms with Crippen molar-refractivity contribution in [3.63, 3.8) is 0 Å². The number of hydrogen-bond acceptors (Lipinski definition) is 3. The van der Waals surface area contributed by atoms with Gasteiger partial charge in [0.15, 0.2) is 0 Å². The highest BCUT2D eigenvalue weighted by Crippen LogP contribution is 2.14. The maximum atomic E-state index is 13.3. The molecule has 6 heteroatoms. The summed E-state index contributed by atoms with van der Waals surface area (Å²) in [5, 5.41) is 3.04. The zero-order chi connectivity index (χ0) is 11.6. The second-order valence-electron chi connectivity index (χ2n) is 3.74. The summed E-state index contributed by atoms with van der Waals surface area (Å²) in [6.07, 6.45) is 0.730. The number of hydrogen-bond donors (Lipinski definition) is 2. The van der Waals surface area contributed by atoms with Gasteiger partial charge in [0.25, 0.3) is 0 Å². The molecule has 0 unspecified atom stereocenters. The topological polar surface area (TPSA) is 58.2 Å². The lowest BCUT2D eigenvalue weighted by Gasteiger charge is -2.12. The fraction of sp³-hybridized carbons (Fsp3) is 0.400.